The Kier molecular flexibility index (Phi) is 4.34. The van der Waals surface area contributed by atoms with E-state index in [2.05, 4.69) is 29.6 Å². The van der Waals surface area contributed by atoms with Gasteiger partial charge in [0.15, 0.2) is 0 Å². The average Bonchev–Trinajstić information content (AvgIpc) is 2.29. The van der Waals surface area contributed by atoms with Gasteiger partial charge in [-0.3, -0.25) is 0 Å². The number of ether oxygens (including phenoxy) is 1. The minimum Gasteiger partial charge on any atom is -0.395 e. The molecule has 88 valence electrons. The normalized spacial score (nSPS) is 24.1. The molecule has 0 unspecified atom stereocenters. The summed E-state index contributed by atoms with van der Waals surface area (Å²) in [6, 6.07) is 10.6. The van der Waals surface area contributed by atoms with Gasteiger partial charge in [-0.2, -0.15) is 0 Å². The molecule has 3 nitrogen and oxygen atoms in total. The smallest absolute Gasteiger partial charge is 0.0874 e. The predicted molar refractivity (Wildman–Crippen MR) is 63.4 cm³/mol. The summed E-state index contributed by atoms with van der Waals surface area (Å²) in [4.78, 5) is 0. The first-order valence-electron chi connectivity index (χ1n) is 5.90. The zero-order valence-corrected chi connectivity index (χ0v) is 9.43. The van der Waals surface area contributed by atoms with Crippen molar-refractivity contribution < 1.29 is 9.84 Å². The van der Waals surface area contributed by atoms with Crippen LogP contribution in [0.25, 0.3) is 0 Å². The van der Waals surface area contributed by atoms with Crippen LogP contribution in [-0.4, -0.2) is 37.0 Å². The van der Waals surface area contributed by atoms with Crippen LogP contribution in [0.2, 0.25) is 0 Å². The quantitative estimate of drug-likeness (QED) is 0.703. The van der Waals surface area contributed by atoms with E-state index in [1.165, 1.54) is 5.56 Å². The Labute approximate surface area is 96.4 Å². The Morgan fingerprint density at radius 1 is 1.31 bits per heavy atom. The predicted octanol–water partition coefficient (Wildman–Crippen LogP) is 0.968. The van der Waals surface area contributed by atoms with Crippen molar-refractivity contribution in [2.45, 2.75) is 25.0 Å². The van der Waals surface area contributed by atoms with E-state index < -0.39 is 0 Å². The zero-order valence-electron chi connectivity index (χ0n) is 9.43. The van der Waals surface area contributed by atoms with E-state index in [4.69, 9.17) is 9.84 Å². The second-order valence-corrected chi connectivity index (χ2v) is 4.20. The summed E-state index contributed by atoms with van der Waals surface area (Å²) in [7, 11) is 0. The van der Waals surface area contributed by atoms with Gasteiger partial charge in [-0.25, -0.2) is 0 Å². The number of nitrogens with one attached hydrogen (secondary N) is 1. The topological polar surface area (TPSA) is 41.5 Å². The maximum Gasteiger partial charge on any atom is 0.0874 e. The third-order valence-electron chi connectivity index (χ3n) is 3.01. The van der Waals surface area contributed by atoms with Gasteiger partial charge in [0.25, 0.3) is 0 Å². The zero-order chi connectivity index (χ0) is 11.2. The molecule has 2 N–H and O–H groups in total. The molecule has 1 aliphatic heterocycles. The molecule has 2 rings (SSSR count). The van der Waals surface area contributed by atoms with Crippen LogP contribution >= 0.6 is 0 Å². The van der Waals surface area contributed by atoms with Crippen LogP contribution in [0.15, 0.2) is 30.3 Å². The monoisotopic (exact) mass is 221 g/mol. The van der Waals surface area contributed by atoms with Gasteiger partial charge in [-0.15, -0.1) is 0 Å². The van der Waals surface area contributed by atoms with Crippen molar-refractivity contribution in [2.75, 3.05) is 19.8 Å². The van der Waals surface area contributed by atoms with Crippen LogP contribution in [0.4, 0.5) is 0 Å². The third kappa shape index (κ3) is 3.04. The lowest BCUT2D eigenvalue weighted by Gasteiger charge is -2.36. The van der Waals surface area contributed by atoms with Gasteiger partial charge < -0.3 is 15.2 Å². The number of benzene rings is 1. The highest BCUT2D eigenvalue weighted by molar-refractivity contribution is 5.14. The maximum absolute atomic E-state index is 8.95. The molecule has 1 aliphatic rings. The average molecular weight is 221 g/mol. The number of hydrogen-bond acceptors (Lipinski definition) is 3. The molecule has 1 heterocycles. The fourth-order valence-corrected chi connectivity index (χ4v) is 1.89. The largest absolute Gasteiger partial charge is 0.395 e. The van der Waals surface area contributed by atoms with E-state index in [0.29, 0.717) is 0 Å². The van der Waals surface area contributed by atoms with Crippen molar-refractivity contribution in [3.05, 3.63) is 35.9 Å². The van der Waals surface area contributed by atoms with Crippen LogP contribution in [0.1, 0.15) is 12.0 Å². The third-order valence-corrected chi connectivity index (χ3v) is 3.01. The molecular formula is C13H19NO2. The van der Waals surface area contributed by atoms with E-state index >= 15 is 0 Å². The molecular weight excluding hydrogens is 202 g/mol. The van der Waals surface area contributed by atoms with E-state index in [1.807, 2.05) is 6.07 Å². The van der Waals surface area contributed by atoms with Crippen molar-refractivity contribution in [1.29, 1.82) is 0 Å². The summed E-state index contributed by atoms with van der Waals surface area (Å²) in [6.07, 6.45) is 2.31. The lowest BCUT2D eigenvalue weighted by Crippen LogP contribution is -2.60. The van der Waals surface area contributed by atoms with E-state index in [9.17, 15) is 0 Å². The van der Waals surface area contributed by atoms with Crippen LogP contribution in [0.5, 0.6) is 0 Å². The summed E-state index contributed by atoms with van der Waals surface area (Å²) >= 11 is 0. The molecule has 0 bridgehead atoms. The molecule has 1 aromatic carbocycles. The summed E-state index contributed by atoms with van der Waals surface area (Å²) in [5, 5.41) is 12.1. The molecule has 1 fully saturated rings. The highest BCUT2D eigenvalue weighted by Crippen LogP contribution is 2.09. The first kappa shape index (κ1) is 11.6. The number of aliphatic hydroxyl groups excluding tert-OH is 1. The molecule has 0 spiro atoms. The Balaban J connectivity index is 1.59. The van der Waals surface area contributed by atoms with Gasteiger partial charge in [0.1, 0.15) is 0 Å². The molecule has 16 heavy (non-hydrogen) atoms. The molecule has 2 atom stereocenters. The first-order chi connectivity index (χ1) is 7.90. The summed E-state index contributed by atoms with van der Waals surface area (Å²) in [6.45, 7) is 1.82. The molecule has 0 amide bonds. The molecule has 0 saturated carbocycles. The second-order valence-electron chi connectivity index (χ2n) is 4.20. The highest BCUT2D eigenvalue weighted by Gasteiger charge is 2.29. The number of aryl methyl sites for hydroxylation is 1. The van der Waals surface area contributed by atoms with Crippen molar-refractivity contribution in [1.82, 2.24) is 5.32 Å². The summed E-state index contributed by atoms with van der Waals surface area (Å²) in [5.74, 6) is 0. The number of rotatable bonds is 6. The fourth-order valence-electron chi connectivity index (χ4n) is 1.89. The van der Waals surface area contributed by atoms with Gasteiger partial charge >= 0.3 is 0 Å². The lowest BCUT2D eigenvalue weighted by atomic mass is 10.0. The van der Waals surface area contributed by atoms with Gasteiger partial charge in [0, 0.05) is 13.2 Å². The second kappa shape index (κ2) is 5.99. The fraction of sp³-hybridized carbons (Fsp3) is 0.538. The first-order valence-corrected chi connectivity index (χ1v) is 5.90. The molecule has 0 aromatic heterocycles. The summed E-state index contributed by atoms with van der Waals surface area (Å²) < 4.78 is 5.68. The van der Waals surface area contributed by atoms with Crippen molar-refractivity contribution in [3.8, 4) is 0 Å². The van der Waals surface area contributed by atoms with Crippen molar-refractivity contribution >= 4 is 0 Å². The van der Waals surface area contributed by atoms with E-state index in [1.54, 1.807) is 0 Å². The number of aliphatic hydroxyl groups is 1. The van der Waals surface area contributed by atoms with Gasteiger partial charge in [0.05, 0.1) is 18.8 Å². The van der Waals surface area contributed by atoms with Crippen LogP contribution < -0.4 is 5.32 Å². The van der Waals surface area contributed by atoms with E-state index in [0.717, 1.165) is 26.0 Å². The molecule has 1 saturated heterocycles. The Morgan fingerprint density at radius 3 is 2.75 bits per heavy atom. The van der Waals surface area contributed by atoms with E-state index in [-0.39, 0.29) is 18.8 Å². The van der Waals surface area contributed by atoms with Crippen molar-refractivity contribution in [3.63, 3.8) is 0 Å². The Hall–Kier alpha value is -0.900. The maximum atomic E-state index is 8.95. The molecule has 3 heteroatoms. The molecule has 0 aliphatic carbocycles. The number of hydrogen-bond donors (Lipinski definition) is 2. The van der Waals surface area contributed by atoms with Crippen molar-refractivity contribution in [2.24, 2.45) is 0 Å². The van der Waals surface area contributed by atoms with Crippen LogP contribution in [-0.2, 0) is 11.2 Å². The van der Waals surface area contributed by atoms with Crippen LogP contribution in [0, 0.1) is 0 Å². The van der Waals surface area contributed by atoms with Gasteiger partial charge in [0.2, 0.25) is 0 Å². The minimum atomic E-state index is 0.150. The molecule has 0 radical (unpaired) electrons. The van der Waals surface area contributed by atoms with Gasteiger partial charge in [-0.05, 0) is 18.4 Å². The Morgan fingerprint density at radius 2 is 2.12 bits per heavy atom. The summed E-state index contributed by atoms with van der Waals surface area (Å²) in [5.41, 5.74) is 1.36. The SMILES string of the molecule is OC[C@@H]1NC[C@@H]1OCCCc1ccccc1. The standard InChI is InChI=1S/C13H19NO2/c15-10-12-13(9-14-12)16-8-4-7-11-5-2-1-3-6-11/h1-3,5-6,12-15H,4,7-10H2/t12-,13-/m0/s1. The minimum absolute atomic E-state index is 0.150. The Bertz CT molecular complexity index is 300. The lowest BCUT2D eigenvalue weighted by molar-refractivity contribution is -0.0347. The highest BCUT2D eigenvalue weighted by atomic mass is 16.5. The van der Waals surface area contributed by atoms with Gasteiger partial charge in [-0.1, -0.05) is 30.3 Å². The molecule has 1 aromatic rings. The van der Waals surface area contributed by atoms with Crippen LogP contribution in [0.3, 0.4) is 0 Å².